The molecule has 0 spiro atoms. The number of nitrogens with zero attached hydrogens (tertiary/aromatic N) is 3. The number of nitro groups is 1. The lowest BCUT2D eigenvalue weighted by Crippen LogP contribution is -2.03. The van der Waals surface area contributed by atoms with Crippen molar-refractivity contribution in [3.05, 3.63) is 70.4 Å². The Balaban J connectivity index is 1.40. The fourth-order valence-corrected chi connectivity index (χ4v) is 2.59. The van der Waals surface area contributed by atoms with Crippen LogP contribution in [0.1, 0.15) is 29.0 Å². The topological polar surface area (TPSA) is 138 Å². The highest BCUT2D eigenvalue weighted by Gasteiger charge is 2.14. The average molecular weight is 413 g/mol. The van der Waals surface area contributed by atoms with Gasteiger partial charge in [-0.15, -0.1) is 0 Å². The van der Waals surface area contributed by atoms with Crippen LogP contribution in [0.4, 0.5) is 5.69 Å². The molecular weight excluding hydrogens is 394 g/mol. The molecule has 1 N–H and O–H groups in total. The highest BCUT2D eigenvalue weighted by Crippen LogP contribution is 2.26. The summed E-state index contributed by atoms with van der Waals surface area (Å²) >= 11 is 0. The van der Waals surface area contributed by atoms with Gasteiger partial charge in [-0.05, 0) is 31.0 Å². The van der Waals surface area contributed by atoms with Crippen LogP contribution < -0.4 is 4.74 Å². The van der Waals surface area contributed by atoms with E-state index in [9.17, 15) is 14.9 Å². The molecule has 1 aromatic carbocycles. The number of carboxylic acid groups (broad SMARTS) is 1. The molecule has 0 saturated heterocycles. The summed E-state index contributed by atoms with van der Waals surface area (Å²) < 4.78 is 16.3. The normalized spacial score (nSPS) is 10.7. The summed E-state index contributed by atoms with van der Waals surface area (Å²) in [4.78, 5) is 29.5. The lowest BCUT2D eigenvalue weighted by Gasteiger charge is -2.07. The number of carboxylic acids is 1. The minimum atomic E-state index is -1.16. The SMILES string of the molecule is O=C(O)c1coc(-c2ccnc(COCCCCOc3ccccc3[N+](=O)[O-])c2)n1. The van der Waals surface area contributed by atoms with Gasteiger partial charge < -0.3 is 19.0 Å². The maximum atomic E-state index is 10.9. The first kappa shape index (κ1) is 20.9. The molecule has 0 radical (unpaired) electrons. The van der Waals surface area contributed by atoms with Gasteiger partial charge in [0.05, 0.1) is 23.8 Å². The highest BCUT2D eigenvalue weighted by molar-refractivity contribution is 5.85. The second kappa shape index (κ2) is 10.1. The molecular formula is C20H19N3O7. The van der Waals surface area contributed by atoms with Crippen LogP contribution in [0.25, 0.3) is 11.5 Å². The highest BCUT2D eigenvalue weighted by atomic mass is 16.6. The maximum absolute atomic E-state index is 10.9. The van der Waals surface area contributed by atoms with Gasteiger partial charge in [0.1, 0.15) is 6.26 Å². The molecule has 2 heterocycles. The smallest absolute Gasteiger partial charge is 0.357 e. The summed E-state index contributed by atoms with van der Waals surface area (Å²) in [5.41, 5.74) is 1.04. The predicted molar refractivity (Wildman–Crippen MR) is 104 cm³/mol. The summed E-state index contributed by atoms with van der Waals surface area (Å²) in [5, 5.41) is 19.9. The molecule has 0 aliphatic carbocycles. The zero-order valence-corrected chi connectivity index (χ0v) is 15.9. The minimum absolute atomic E-state index is 0.0544. The van der Waals surface area contributed by atoms with Crippen LogP contribution in [0.15, 0.2) is 53.3 Å². The van der Waals surface area contributed by atoms with Gasteiger partial charge in [0, 0.05) is 24.4 Å². The average Bonchev–Trinajstić information content (AvgIpc) is 3.24. The predicted octanol–water partition coefficient (Wildman–Crippen LogP) is 3.72. The monoisotopic (exact) mass is 413 g/mol. The fraction of sp³-hybridized carbons (Fsp3) is 0.250. The van der Waals surface area contributed by atoms with Crippen LogP contribution in [0.2, 0.25) is 0 Å². The first-order valence-electron chi connectivity index (χ1n) is 9.12. The van der Waals surface area contributed by atoms with Crippen molar-refractivity contribution >= 4 is 11.7 Å². The Hall–Kier alpha value is -3.79. The van der Waals surface area contributed by atoms with Crippen molar-refractivity contribution in [2.75, 3.05) is 13.2 Å². The largest absolute Gasteiger partial charge is 0.487 e. The molecule has 10 heteroatoms. The van der Waals surface area contributed by atoms with Gasteiger partial charge in [-0.2, -0.15) is 0 Å². The van der Waals surface area contributed by atoms with Gasteiger partial charge in [-0.25, -0.2) is 9.78 Å². The zero-order valence-electron chi connectivity index (χ0n) is 15.9. The first-order chi connectivity index (χ1) is 14.5. The molecule has 30 heavy (non-hydrogen) atoms. The molecule has 3 aromatic rings. The van der Waals surface area contributed by atoms with Crippen molar-refractivity contribution in [3.63, 3.8) is 0 Å². The number of aromatic carboxylic acids is 1. The number of nitro benzene ring substituents is 1. The molecule has 3 rings (SSSR count). The number of para-hydroxylation sites is 2. The number of oxazole rings is 1. The molecule has 0 unspecified atom stereocenters. The number of rotatable bonds is 11. The maximum Gasteiger partial charge on any atom is 0.357 e. The number of aromatic nitrogens is 2. The lowest BCUT2D eigenvalue weighted by atomic mass is 10.2. The molecule has 0 aliphatic heterocycles. The molecule has 0 saturated carbocycles. The van der Waals surface area contributed by atoms with E-state index < -0.39 is 10.9 Å². The Kier molecular flexibility index (Phi) is 7.06. The minimum Gasteiger partial charge on any atom is -0.487 e. The number of carbonyl (C=O) groups is 1. The second-order valence-electron chi connectivity index (χ2n) is 6.21. The molecule has 0 aliphatic rings. The van der Waals surface area contributed by atoms with Crippen LogP contribution in [0, 0.1) is 10.1 Å². The van der Waals surface area contributed by atoms with Crippen molar-refractivity contribution in [1.82, 2.24) is 9.97 Å². The number of benzene rings is 1. The summed E-state index contributed by atoms with van der Waals surface area (Å²) in [6.45, 7) is 1.08. The van der Waals surface area contributed by atoms with E-state index in [1.807, 2.05) is 0 Å². The third-order valence-corrected chi connectivity index (χ3v) is 4.04. The van der Waals surface area contributed by atoms with Crippen molar-refractivity contribution < 1.29 is 28.7 Å². The molecule has 2 aromatic heterocycles. The van der Waals surface area contributed by atoms with Gasteiger partial charge in [0.25, 0.3) is 0 Å². The number of hydrogen-bond donors (Lipinski definition) is 1. The van der Waals surface area contributed by atoms with E-state index in [-0.39, 0.29) is 29.6 Å². The summed E-state index contributed by atoms with van der Waals surface area (Å²) in [5.74, 6) is -0.710. The van der Waals surface area contributed by atoms with Crippen LogP contribution in [-0.4, -0.2) is 39.2 Å². The van der Waals surface area contributed by atoms with E-state index in [0.717, 1.165) is 6.26 Å². The van der Waals surface area contributed by atoms with Crippen molar-refractivity contribution in [3.8, 4) is 17.2 Å². The molecule has 156 valence electrons. The van der Waals surface area contributed by atoms with Crippen LogP contribution in [0.5, 0.6) is 5.75 Å². The first-order valence-corrected chi connectivity index (χ1v) is 9.12. The van der Waals surface area contributed by atoms with Crippen LogP contribution in [-0.2, 0) is 11.3 Å². The Morgan fingerprint density at radius 1 is 1.20 bits per heavy atom. The Bertz CT molecular complexity index is 1020. The summed E-state index contributed by atoms with van der Waals surface area (Å²) in [7, 11) is 0. The van der Waals surface area contributed by atoms with Crippen LogP contribution >= 0.6 is 0 Å². The van der Waals surface area contributed by atoms with Gasteiger partial charge in [0.2, 0.25) is 5.89 Å². The third-order valence-electron chi connectivity index (χ3n) is 4.04. The molecule has 0 bridgehead atoms. The third kappa shape index (κ3) is 5.61. The van der Waals surface area contributed by atoms with Gasteiger partial charge >= 0.3 is 11.7 Å². The second-order valence-corrected chi connectivity index (χ2v) is 6.21. The fourth-order valence-electron chi connectivity index (χ4n) is 2.59. The van der Waals surface area contributed by atoms with E-state index in [1.54, 1.807) is 36.5 Å². The number of hydrogen-bond acceptors (Lipinski definition) is 8. The van der Waals surface area contributed by atoms with Crippen molar-refractivity contribution in [1.29, 1.82) is 0 Å². The van der Waals surface area contributed by atoms with Crippen molar-refractivity contribution in [2.24, 2.45) is 0 Å². The van der Waals surface area contributed by atoms with E-state index in [4.69, 9.17) is 19.0 Å². The van der Waals surface area contributed by atoms with Gasteiger partial charge in [0.15, 0.2) is 11.4 Å². The number of ether oxygens (including phenoxy) is 2. The van der Waals surface area contributed by atoms with E-state index in [0.29, 0.717) is 37.3 Å². The summed E-state index contributed by atoms with van der Waals surface area (Å²) in [6, 6.07) is 9.64. The van der Waals surface area contributed by atoms with E-state index in [1.165, 1.54) is 6.07 Å². The van der Waals surface area contributed by atoms with Crippen molar-refractivity contribution in [2.45, 2.75) is 19.4 Å². The Labute approximate surface area is 171 Å². The summed E-state index contributed by atoms with van der Waals surface area (Å²) in [6.07, 6.45) is 4.04. The van der Waals surface area contributed by atoms with Gasteiger partial charge in [-0.1, -0.05) is 12.1 Å². The quantitative estimate of drug-likeness (QED) is 0.283. The number of pyridine rings is 1. The van der Waals surface area contributed by atoms with E-state index >= 15 is 0 Å². The van der Waals surface area contributed by atoms with Gasteiger partial charge in [-0.3, -0.25) is 15.1 Å². The Morgan fingerprint density at radius 2 is 2.00 bits per heavy atom. The Morgan fingerprint density at radius 3 is 2.77 bits per heavy atom. The van der Waals surface area contributed by atoms with Crippen LogP contribution in [0.3, 0.4) is 0 Å². The lowest BCUT2D eigenvalue weighted by molar-refractivity contribution is -0.385. The zero-order chi connectivity index (χ0) is 21.3. The molecule has 0 atom stereocenters. The number of unbranched alkanes of at least 4 members (excludes halogenated alkanes) is 1. The standard InChI is InChI=1S/C20H19N3O7/c24-20(25)16-13-30-19(22-16)14-7-8-21-15(11-14)12-28-9-3-4-10-29-18-6-2-1-5-17(18)23(26)27/h1-2,5-8,11,13H,3-4,9-10,12H2,(H,24,25). The molecule has 0 amide bonds. The van der Waals surface area contributed by atoms with E-state index in [2.05, 4.69) is 9.97 Å². The molecule has 0 fully saturated rings. The molecule has 10 nitrogen and oxygen atoms in total.